The zero-order valence-corrected chi connectivity index (χ0v) is 10.4. The van der Waals surface area contributed by atoms with Crippen LogP contribution in [0.25, 0.3) is 0 Å². The van der Waals surface area contributed by atoms with Crippen LogP contribution in [-0.2, 0) is 4.74 Å². The Morgan fingerprint density at radius 1 is 1.53 bits per heavy atom. The summed E-state index contributed by atoms with van der Waals surface area (Å²) in [5.41, 5.74) is 5.49. The fraction of sp³-hybridized carbons (Fsp3) is 0.800. The van der Waals surface area contributed by atoms with E-state index in [2.05, 4.69) is 5.32 Å². The normalized spacial score (nSPS) is 12.3. The first-order valence-corrected chi connectivity index (χ1v) is 5.60. The highest BCUT2D eigenvalue weighted by Gasteiger charge is 2.14. The van der Waals surface area contributed by atoms with Crippen LogP contribution in [0.5, 0.6) is 0 Å². The summed E-state index contributed by atoms with van der Waals surface area (Å²) < 4.78 is 4.97. The molecule has 5 heteroatoms. The van der Waals surface area contributed by atoms with Crippen molar-refractivity contribution in [2.75, 3.05) is 6.61 Å². The van der Waals surface area contributed by atoms with E-state index in [-0.39, 0.29) is 6.04 Å². The van der Waals surface area contributed by atoms with Crippen molar-refractivity contribution < 1.29 is 9.53 Å². The summed E-state index contributed by atoms with van der Waals surface area (Å²) in [5.74, 6) is 0.324. The Kier molecular flexibility index (Phi) is 7.03. The number of ether oxygens (including phenoxy) is 1. The Hall–Kier alpha value is -0.840. The van der Waals surface area contributed by atoms with Crippen LogP contribution in [0.3, 0.4) is 0 Å². The number of hydrogen-bond donors (Lipinski definition) is 2. The van der Waals surface area contributed by atoms with E-state index in [1.54, 1.807) is 0 Å². The van der Waals surface area contributed by atoms with Crippen molar-refractivity contribution in [3.8, 4) is 0 Å². The maximum atomic E-state index is 11.3. The Balaban J connectivity index is 3.94. The van der Waals surface area contributed by atoms with Gasteiger partial charge < -0.3 is 15.8 Å². The number of carbonyl (C=O) groups is 1. The van der Waals surface area contributed by atoms with Crippen LogP contribution >= 0.6 is 12.2 Å². The highest BCUT2D eigenvalue weighted by atomic mass is 32.1. The molecule has 0 fully saturated rings. The van der Waals surface area contributed by atoms with Gasteiger partial charge in [-0.3, -0.25) is 0 Å². The molecule has 1 atom stereocenters. The topological polar surface area (TPSA) is 64.3 Å². The third-order valence-corrected chi connectivity index (χ3v) is 2.05. The highest BCUT2D eigenvalue weighted by Crippen LogP contribution is 1.99. The molecule has 0 saturated carbocycles. The van der Waals surface area contributed by atoms with E-state index in [0.29, 0.717) is 17.5 Å². The van der Waals surface area contributed by atoms with Gasteiger partial charge >= 0.3 is 6.09 Å². The molecule has 0 aromatic heterocycles. The molecule has 1 unspecified atom stereocenters. The zero-order valence-electron chi connectivity index (χ0n) is 9.58. The van der Waals surface area contributed by atoms with Crippen LogP contribution < -0.4 is 11.1 Å². The molecule has 0 radical (unpaired) electrons. The zero-order chi connectivity index (χ0) is 11.8. The minimum Gasteiger partial charge on any atom is -0.449 e. The predicted octanol–water partition coefficient (Wildman–Crippen LogP) is 1.82. The second kappa shape index (κ2) is 7.45. The third kappa shape index (κ3) is 7.13. The molecule has 15 heavy (non-hydrogen) atoms. The van der Waals surface area contributed by atoms with Gasteiger partial charge in [0, 0.05) is 0 Å². The molecule has 0 heterocycles. The van der Waals surface area contributed by atoms with Crippen LogP contribution in [0.15, 0.2) is 0 Å². The van der Waals surface area contributed by atoms with Gasteiger partial charge in [-0.2, -0.15) is 0 Å². The minimum absolute atomic E-state index is 0.260. The van der Waals surface area contributed by atoms with E-state index in [1.165, 1.54) is 0 Å². The lowest BCUT2D eigenvalue weighted by Gasteiger charge is -2.16. The van der Waals surface area contributed by atoms with Crippen molar-refractivity contribution in [3.05, 3.63) is 0 Å². The molecule has 0 aromatic rings. The molecule has 1 amide bonds. The summed E-state index contributed by atoms with van der Waals surface area (Å²) in [5, 5.41) is 2.65. The maximum Gasteiger partial charge on any atom is 0.407 e. The Bertz CT molecular complexity index is 219. The van der Waals surface area contributed by atoms with Gasteiger partial charge in [0.2, 0.25) is 0 Å². The fourth-order valence-electron chi connectivity index (χ4n) is 1.00. The summed E-state index contributed by atoms with van der Waals surface area (Å²) in [7, 11) is 0. The molecule has 0 saturated heterocycles. The van der Waals surface area contributed by atoms with E-state index in [1.807, 2.05) is 20.8 Å². The van der Waals surface area contributed by atoms with Crippen LogP contribution in [0.4, 0.5) is 4.79 Å². The number of rotatable bonds is 6. The first-order valence-electron chi connectivity index (χ1n) is 5.20. The van der Waals surface area contributed by atoms with Gasteiger partial charge in [-0.15, -0.1) is 0 Å². The van der Waals surface area contributed by atoms with Gasteiger partial charge in [0.15, 0.2) is 0 Å². The molecule has 4 nitrogen and oxygen atoms in total. The lowest BCUT2D eigenvalue weighted by atomic mass is 10.2. The van der Waals surface area contributed by atoms with E-state index in [4.69, 9.17) is 22.7 Å². The lowest BCUT2D eigenvalue weighted by Crippen LogP contribution is -2.43. The van der Waals surface area contributed by atoms with Gasteiger partial charge in [-0.1, -0.05) is 39.4 Å². The van der Waals surface area contributed by atoms with Crippen molar-refractivity contribution in [3.63, 3.8) is 0 Å². The van der Waals surface area contributed by atoms with Crippen LogP contribution in [0.2, 0.25) is 0 Å². The molecule has 0 aliphatic rings. The van der Waals surface area contributed by atoms with E-state index in [0.717, 1.165) is 12.8 Å². The molecule has 0 aromatic carbocycles. The molecule has 0 aliphatic heterocycles. The first-order chi connectivity index (χ1) is 6.97. The minimum atomic E-state index is -0.449. The van der Waals surface area contributed by atoms with Gasteiger partial charge in [0.1, 0.15) is 0 Å². The van der Waals surface area contributed by atoms with Crippen LogP contribution in [-0.4, -0.2) is 23.7 Å². The third-order valence-electron chi connectivity index (χ3n) is 1.76. The number of nitrogens with two attached hydrogens (primary N) is 1. The highest BCUT2D eigenvalue weighted by molar-refractivity contribution is 7.80. The number of nitrogens with one attached hydrogen (secondary N) is 1. The molecule has 0 rings (SSSR count). The van der Waals surface area contributed by atoms with E-state index >= 15 is 0 Å². The van der Waals surface area contributed by atoms with Crippen molar-refractivity contribution in [2.45, 2.75) is 39.7 Å². The van der Waals surface area contributed by atoms with Gasteiger partial charge in [0.05, 0.1) is 17.6 Å². The van der Waals surface area contributed by atoms with Gasteiger partial charge in [-0.05, 0) is 12.3 Å². The van der Waals surface area contributed by atoms with Crippen LogP contribution in [0.1, 0.15) is 33.6 Å². The van der Waals surface area contributed by atoms with E-state index in [9.17, 15) is 4.79 Å². The lowest BCUT2D eigenvalue weighted by molar-refractivity contribution is 0.131. The number of carbonyl (C=O) groups excluding carboxylic acids is 1. The van der Waals surface area contributed by atoms with Gasteiger partial charge in [-0.25, -0.2) is 4.79 Å². The fourth-order valence-corrected chi connectivity index (χ4v) is 1.18. The number of alkyl carbamates (subject to hydrolysis) is 1. The molecule has 3 N–H and O–H groups in total. The second-order valence-corrected chi connectivity index (χ2v) is 4.35. The predicted molar refractivity (Wildman–Crippen MR) is 64.8 cm³/mol. The first kappa shape index (κ1) is 14.2. The largest absolute Gasteiger partial charge is 0.449 e. The summed E-state index contributed by atoms with van der Waals surface area (Å²) in [4.78, 5) is 11.6. The summed E-state index contributed by atoms with van der Waals surface area (Å²) in [6, 6.07) is -0.260. The monoisotopic (exact) mass is 232 g/mol. The van der Waals surface area contributed by atoms with Crippen LogP contribution in [0, 0.1) is 5.92 Å². The average molecular weight is 232 g/mol. The van der Waals surface area contributed by atoms with E-state index < -0.39 is 6.09 Å². The molecule has 0 spiro atoms. The maximum absolute atomic E-state index is 11.3. The summed E-state index contributed by atoms with van der Waals surface area (Å²) in [6.45, 7) is 6.36. The van der Waals surface area contributed by atoms with Crippen molar-refractivity contribution in [2.24, 2.45) is 11.7 Å². The Morgan fingerprint density at radius 2 is 2.13 bits per heavy atom. The smallest absolute Gasteiger partial charge is 0.407 e. The van der Waals surface area contributed by atoms with Crippen molar-refractivity contribution in [1.82, 2.24) is 5.32 Å². The second-order valence-electron chi connectivity index (χ2n) is 3.88. The van der Waals surface area contributed by atoms with Crippen molar-refractivity contribution >= 4 is 23.3 Å². The Labute approximate surface area is 96.5 Å². The molecule has 88 valence electrons. The molecular formula is C10H20N2O2S. The summed E-state index contributed by atoms with van der Waals surface area (Å²) in [6.07, 6.45) is 1.20. The average Bonchev–Trinajstić information content (AvgIpc) is 2.14. The number of amides is 1. The number of thiocarbonyl (C=S) groups is 1. The SMILES string of the molecule is CCCC(NC(=O)OCC(C)C)C(N)=S. The molecule has 0 aliphatic carbocycles. The Morgan fingerprint density at radius 3 is 2.53 bits per heavy atom. The van der Waals surface area contributed by atoms with Gasteiger partial charge in [0.25, 0.3) is 0 Å². The standard InChI is InChI=1S/C10H20N2O2S/c1-4-5-8(9(11)15)12-10(13)14-6-7(2)3/h7-8H,4-6H2,1-3H3,(H2,11,15)(H,12,13). The quantitative estimate of drug-likeness (QED) is 0.686. The molecular weight excluding hydrogens is 212 g/mol. The molecule has 0 bridgehead atoms. The number of hydrogen-bond acceptors (Lipinski definition) is 3. The van der Waals surface area contributed by atoms with Crippen molar-refractivity contribution in [1.29, 1.82) is 0 Å². The summed E-state index contributed by atoms with van der Waals surface area (Å²) >= 11 is 4.84.